The Morgan fingerprint density at radius 3 is 2.31 bits per heavy atom. The molecule has 1 saturated heterocycles. The Morgan fingerprint density at radius 1 is 0.972 bits per heavy atom. The number of alkyl carbamates (subject to hydrolysis) is 1. The average molecular weight is 510 g/mol. The van der Waals surface area contributed by atoms with Gasteiger partial charge in [0.2, 0.25) is 17.7 Å². The van der Waals surface area contributed by atoms with Crippen molar-refractivity contribution in [1.82, 2.24) is 15.5 Å². The molecular weight excluding hydrogens is 466 g/mol. The van der Waals surface area contributed by atoms with Crippen LogP contribution in [0.5, 0.6) is 0 Å². The summed E-state index contributed by atoms with van der Waals surface area (Å²) in [6, 6.07) is 0. The monoisotopic (exact) mass is 509 g/mol. The van der Waals surface area contributed by atoms with Gasteiger partial charge >= 0.3 is 6.09 Å². The zero-order valence-electron chi connectivity index (χ0n) is 22.0. The Balaban J connectivity index is 1.42. The van der Waals surface area contributed by atoms with Crippen molar-refractivity contribution in [2.24, 2.45) is 11.3 Å². The molecule has 0 bridgehead atoms. The second kappa shape index (κ2) is 15.6. The molecule has 2 atom stereocenters. The van der Waals surface area contributed by atoms with Gasteiger partial charge in [-0.15, -0.1) is 0 Å². The molecule has 2 rings (SSSR count). The lowest BCUT2D eigenvalue weighted by Crippen LogP contribution is -2.37. The summed E-state index contributed by atoms with van der Waals surface area (Å²) in [6.07, 6.45) is 8.90. The highest BCUT2D eigenvalue weighted by Crippen LogP contribution is 2.35. The van der Waals surface area contributed by atoms with Crippen LogP contribution < -0.4 is 10.6 Å². The molecule has 1 aliphatic heterocycles. The number of hydrogen-bond acceptors (Lipinski definition) is 7. The maximum atomic E-state index is 12.5. The molecule has 10 nitrogen and oxygen atoms in total. The Kier molecular flexibility index (Phi) is 12.9. The first kappa shape index (κ1) is 29.8. The molecule has 204 valence electrons. The van der Waals surface area contributed by atoms with E-state index in [-0.39, 0.29) is 54.5 Å². The highest BCUT2D eigenvalue weighted by atomic mass is 16.6. The quantitative estimate of drug-likeness (QED) is 0.222. The standard InChI is InChI=1S/C26H43N3O7/c1-26(2,3)21-19-23(31)29(24(21)32)14-11-22(30)27-12-15-34-17-18-35-16-13-28-25(33)36-20-9-7-5-4-6-8-10-20/h4-5,20-21H,6-19H2,1-3H3,(H,27,30)(H,28,33)/b5-4+. The summed E-state index contributed by atoms with van der Waals surface area (Å²) in [7, 11) is 0. The van der Waals surface area contributed by atoms with Crippen molar-refractivity contribution in [2.45, 2.75) is 71.8 Å². The van der Waals surface area contributed by atoms with E-state index in [0.29, 0.717) is 39.5 Å². The van der Waals surface area contributed by atoms with Crippen LogP contribution in [-0.4, -0.2) is 80.9 Å². The Bertz CT molecular complexity index is 763. The van der Waals surface area contributed by atoms with Crippen molar-refractivity contribution in [2.75, 3.05) is 46.1 Å². The lowest BCUT2D eigenvalue weighted by molar-refractivity contribution is -0.140. The average Bonchev–Trinajstić information content (AvgIpc) is 3.09. The van der Waals surface area contributed by atoms with E-state index >= 15 is 0 Å². The fraction of sp³-hybridized carbons (Fsp3) is 0.769. The van der Waals surface area contributed by atoms with Gasteiger partial charge in [-0.1, -0.05) is 32.9 Å². The van der Waals surface area contributed by atoms with Crippen molar-refractivity contribution < 1.29 is 33.4 Å². The van der Waals surface area contributed by atoms with Crippen LogP contribution in [0, 0.1) is 11.3 Å². The fourth-order valence-corrected chi connectivity index (χ4v) is 4.14. The molecule has 1 heterocycles. The van der Waals surface area contributed by atoms with Gasteiger partial charge in [0.05, 0.1) is 32.3 Å². The van der Waals surface area contributed by atoms with Gasteiger partial charge in [-0.2, -0.15) is 0 Å². The lowest BCUT2D eigenvalue weighted by atomic mass is 9.80. The van der Waals surface area contributed by atoms with Crippen molar-refractivity contribution in [3.63, 3.8) is 0 Å². The molecule has 0 spiro atoms. The van der Waals surface area contributed by atoms with E-state index < -0.39 is 6.09 Å². The van der Waals surface area contributed by atoms with E-state index in [2.05, 4.69) is 22.8 Å². The zero-order valence-corrected chi connectivity index (χ0v) is 22.0. The first-order chi connectivity index (χ1) is 17.2. The van der Waals surface area contributed by atoms with Gasteiger partial charge < -0.3 is 24.8 Å². The topological polar surface area (TPSA) is 123 Å². The van der Waals surface area contributed by atoms with E-state index in [4.69, 9.17) is 14.2 Å². The second-order valence-corrected chi connectivity index (χ2v) is 10.3. The lowest BCUT2D eigenvalue weighted by Gasteiger charge is -2.24. The Labute approximate surface area is 214 Å². The number of rotatable bonds is 13. The molecule has 0 aromatic carbocycles. The van der Waals surface area contributed by atoms with Crippen molar-refractivity contribution in [3.05, 3.63) is 12.2 Å². The van der Waals surface area contributed by atoms with Crippen molar-refractivity contribution in [1.29, 1.82) is 0 Å². The van der Waals surface area contributed by atoms with Gasteiger partial charge in [0, 0.05) is 32.5 Å². The number of hydrogen-bond donors (Lipinski definition) is 2. The molecule has 0 aromatic rings. The minimum Gasteiger partial charge on any atom is -0.446 e. The minimum atomic E-state index is -0.410. The summed E-state index contributed by atoms with van der Waals surface area (Å²) >= 11 is 0. The van der Waals surface area contributed by atoms with E-state index in [1.807, 2.05) is 20.8 Å². The van der Waals surface area contributed by atoms with Crippen LogP contribution >= 0.6 is 0 Å². The van der Waals surface area contributed by atoms with Crippen LogP contribution in [0.25, 0.3) is 0 Å². The summed E-state index contributed by atoms with van der Waals surface area (Å²) in [5.74, 6) is -0.968. The number of carbonyl (C=O) groups is 4. The number of allylic oxidation sites excluding steroid dienone is 2. The van der Waals surface area contributed by atoms with Crippen molar-refractivity contribution >= 4 is 23.8 Å². The fourth-order valence-electron chi connectivity index (χ4n) is 4.14. The van der Waals surface area contributed by atoms with E-state index in [1.54, 1.807) is 0 Å². The summed E-state index contributed by atoms with van der Waals surface area (Å²) in [6.45, 7) is 8.02. The number of carbonyl (C=O) groups excluding carboxylic acids is 4. The van der Waals surface area contributed by atoms with Gasteiger partial charge in [-0.25, -0.2) is 4.79 Å². The van der Waals surface area contributed by atoms with Gasteiger partial charge in [-0.05, 0) is 37.5 Å². The molecule has 10 heteroatoms. The Morgan fingerprint density at radius 2 is 1.64 bits per heavy atom. The maximum absolute atomic E-state index is 12.5. The maximum Gasteiger partial charge on any atom is 0.407 e. The molecule has 2 aliphatic rings. The predicted octanol–water partition coefficient (Wildman–Crippen LogP) is 2.56. The molecule has 1 fully saturated rings. The van der Waals surface area contributed by atoms with Crippen LogP contribution in [0.4, 0.5) is 4.79 Å². The first-order valence-corrected chi connectivity index (χ1v) is 13.0. The third kappa shape index (κ3) is 11.1. The molecule has 2 unspecified atom stereocenters. The SMILES string of the molecule is CC(C)(C)C1CC(=O)N(CCC(=O)NCCOCCOCCNC(=O)OC2CC/C=C/CCC2)C1=O. The van der Waals surface area contributed by atoms with E-state index in [0.717, 1.165) is 32.1 Å². The highest BCUT2D eigenvalue weighted by molar-refractivity contribution is 6.04. The number of ether oxygens (including phenoxy) is 3. The Hall–Kier alpha value is -2.46. The van der Waals surface area contributed by atoms with Crippen LogP contribution in [0.3, 0.4) is 0 Å². The normalized spacial score (nSPS) is 21.6. The summed E-state index contributed by atoms with van der Waals surface area (Å²) in [5, 5.41) is 5.42. The number of nitrogens with one attached hydrogen (secondary N) is 2. The van der Waals surface area contributed by atoms with Crippen LogP contribution in [0.15, 0.2) is 12.2 Å². The minimum absolute atomic E-state index is 0.0317. The number of likely N-dealkylation sites (tertiary alicyclic amines) is 1. The largest absolute Gasteiger partial charge is 0.446 e. The third-order valence-corrected chi connectivity index (χ3v) is 6.30. The number of amides is 4. The van der Waals surface area contributed by atoms with Crippen molar-refractivity contribution in [3.8, 4) is 0 Å². The number of nitrogens with zero attached hydrogens (tertiary/aromatic N) is 1. The summed E-state index contributed by atoms with van der Waals surface area (Å²) in [5.41, 5.74) is -0.279. The van der Waals surface area contributed by atoms with E-state index in [9.17, 15) is 19.2 Å². The van der Waals surface area contributed by atoms with Crippen LogP contribution in [0.2, 0.25) is 0 Å². The molecular formula is C26H43N3O7. The first-order valence-electron chi connectivity index (χ1n) is 13.0. The summed E-state index contributed by atoms with van der Waals surface area (Å²) < 4.78 is 16.3. The van der Waals surface area contributed by atoms with Gasteiger partial charge in [0.15, 0.2) is 0 Å². The molecule has 4 amide bonds. The van der Waals surface area contributed by atoms with Gasteiger partial charge in [0.25, 0.3) is 0 Å². The molecule has 1 aliphatic carbocycles. The summed E-state index contributed by atoms with van der Waals surface area (Å²) in [4.78, 5) is 49.7. The second-order valence-electron chi connectivity index (χ2n) is 10.3. The zero-order chi connectivity index (χ0) is 26.4. The molecule has 0 saturated carbocycles. The molecule has 2 N–H and O–H groups in total. The molecule has 0 radical (unpaired) electrons. The molecule has 36 heavy (non-hydrogen) atoms. The van der Waals surface area contributed by atoms with Crippen LogP contribution in [0.1, 0.15) is 65.7 Å². The van der Waals surface area contributed by atoms with Gasteiger partial charge in [0.1, 0.15) is 6.10 Å². The van der Waals surface area contributed by atoms with Crippen LogP contribution in [-0.2, 0) is 28.6 Å². The highest BCUT2D eigenvalue weighted by Gasteiger charge is 2.44. The predicted molar refractivity (Wildman–Crippen MR) is 134 cm³/mol. The van der Waals surface area contributed by atoms with E-state index in [1.165, 1.54) is 4.90 Å². The third-order valence-electron chi connectivity index (χ3n) is 6.30. The van der Waals surface area contributed by atoms with Gasteiger partial charge in [-0.3, -0.25) is 19.3 Å². The smallest absolute Gasteiger partial charge is 0.407 e. The molecule has 0 aromatic heterocycles. The number of imide groups is 1.